The molecule has 2 aromatic rings. The summed E-state index contributed by atoms with van der Waals surface area (Å²) in [4.78, 5) is 23.6. The molecule has 0 unspecified atom stereocenters. The molecule has 0 bridgehead atoms. The maximum absolute atomic E-state index is 12.3. The van der Waals surface area contributed by atoms with Crippen molar-refractivity contribution in [3.63, 3.8) is 0 Å². The summed E-state index contributed by atoms with van der Waals surface area (Å²) in [6.07, 6.45) is 0.126. The summed E-state index contributed by atoms with van der Waals surface area (Å²) in [6, 6.07) is 12.6. The fraction of sp³-hybridized carbons (Fsp3) is 0.263. The van der Waals surface area contributed by atoms with Crippen molar-refractivity contribution in [1.82, 2.24) is 5.32 Å². The van der Waals surface area contributed by atoms with Crippen LogP contribution in [0.3, 0.4) is 0 Å². The predicted octanol–water partition coefficient (Wildman–Crippen LogP) is 2.73. The summed E-state index contributed by atoms with van der Waals surface area (Å²) in [5.41, 5.74) is 2.04. The van der Waals surface area contributed by atoms with Gasteiger partial charge in [-0.1, -0.05) is 12.1 Å². The minimum absolute atomic E-state index is 0.0388. The molecule has 0 spiro atoms. The average Bonchev–Trinajstić information content (AvgIpc) is 2.60. The monoisotopic (exact) mass is 340 g/mol. The molecule has 0 radical (unpaired) electrons. The van der Waals surface area contributed by atoms with Gasteiger partial charge in [-0.3, -0.25) is 9.59 Å². The molecule has 2 amide bonds. The fourth-order valence-corrected chi connectivity index (χ4v) is 2.46. The molecule has 0 atom stereocenters. The van der Waals surface area contributed by atoms with E-state index in [2.05, 4.69) is 10.6 Å². The van der Waals surface area contributed by atoms with Crippen LogP contribution in [0.2, 0.25) is 0 Å². The minimum atomic E-state index is -0.203. The summed E-state index contributed by atoms with van der Waals surface area (Å²) in [5, 5.41) is 5.56. The number of nitrogens with one attached hydrogen (secondary N) is 2. The molecule has 130 valence electrons. The first-order valence-corrected chi connectivity index (χ1v) is 8.12. The molecule has 1 aliphatic heterocycles. The first-order valence-electron chi connectivity index (χ1n) is 8.12. The van der Waals surface area contributed by atoms with Gasteiger partial charge in [-0.2, -0.15) is 0 Å². The zero-order chi connectivity index (χ0) is 17.8. The number of carbonyl (C=O) groups excluding carboxylic acids is 2. The van der Waals surface area contributed by atoms with Gasteiger partial charge in [-0.15, -0.1) is 0 Å². The summed E-state index contributed by atoms with van der Waals surface area (Å²) < 4.78 is 10.9. The second-order valence-electron chi connectivity index (χ2n) is 6.04. The number of carbonyl (C=O) groups is 2. The molecule has 0 saturated heterocycles. The molecule has 1 heterocycles. The van der Waals surface area contributed by atoms with Crippen LogP contribution in [0.5, 0.6) is 11.5 Å². The highest BCUT2D eigenvalue weighted by molar-refractivity contribution is 5.98. The Morgan fingerprint density at radius 1 is 1.24 bits per heavy atom. The van der Waals surface area contributed by atoms with Crippen molar-refractivity contribution < 1.29 is 19.1 Å². The quantitative estimate of drug-likeness (QED) is 0.877. The maximum atomic E-state index is 12.3. The van der Waals surface area contributed by atoms with Crippen molar-refractivity contribution in [2.75, 3.05) is 11.9 Å². The van der Waals surface area contributed by atoms with Crippen LogP contribution in [-0.2, 0) is 11.3 Å². The Morgan fingerprint density at radius 2 is 2.00 bits per heavy atom. The van der Waals surface area contributed by atoms with Gasteiger partial charge in [0.15, 0.2) is 6.61 Å². The third kappa shape index (κ3) is 4.29. The van der Waals surface area contributed by atoms with Gasteiger partial charge in [0.1, 0.15) is 11.5 Å². The highest BCUT2D eigenvalue weighted by atomic mass is 16.5. The minimum Gasteiger partial charge on any atom is -0.491 e. The normalized spacial score (nSPS) is 12.8. The zero-order valence-electron chi connectivity index (χ0n) is 14.2. The van der Waals surface area contributed by atoms with E-state index in [0.29, 0.717) is 23.5 Å². The Labute approximate surface area is 146 Å². The van der Waals surface area contributed by atoms with Crippen LogP contribution < -0.4 is 20.1 Å². The van der Waals surface area contributed by atoms with E-state index < -0.39 is 0 Å². The number of rotatable bonds is 5. The van der Waals surface area contributed by atoms with E-state index in [-0.39, 0.29) is 24.5 Å². The molecule has 25 heavy (non-hydrogen) atoms. The van der Waals surface area contributed by atoms with Gasteiger partial charge >= 0.3 is 0 Å². The molecular weight excluding hydrogens is 320 g/mol. The van der Waals surface area contributed by atoms with Crippen molar-refractivity contribution in [2.24, 2.45) is 0 Å². The number of hydrogen-bond donors (Lipinski definition) is 2. The smallest absolute Gasteiger partial charge is 0.262 e. The standard InChI is InChI=1S/C19H20N2O4/c1-12(2)25-15-6-3-13(4-7-15)10-20-19(23)14-5-8-16-17(9-14)24-11-18(22)21-16/h3-9,12H,10-11H2,1-2H3,(H,20,23)(H,21,22). The van der Waals surface area contributed by atoms with Crippen LogP contribution in [0.25, 0.3) is 0 Å². The summed E-state index contributed by atoms with van der Waals surface area (Å²) in [6.45, 7) is 4.32. The number of ether oxygens (including phenoxy) is 2. The highest BCUT2D eigenvalue weighted by Crippen LogP contribution is 2.28. The summed E-state index contributed by atoms with van der Waals surface area (Å²) in [5.74, 6) is 0.904. The van der Waals surface area contributed by atoms with E-state index in [1.165, 1.54) is 0 Å². The van der Waals surface area contributed by atoms with Gasteiger partial charge in [0.05, 0.1) is 11.8 Å². The van der Waals surface area contributed by atoms with Gasteiger partial charge in [-0.05, 0) is 49.7 Å². The number of fused-ring (bicyclic) bond motifs is 1. The summed E-state index contributed by atoms with van der Waals surface area (Å²) in [7, 11) is 0. The van der Waals surface area contributed by atoms with E-state index in [1.807, 2.05) is 38.1 Å². The van der Waals surface area contributed by atoms with Crippen molar-refractivity contribution >= 4 is 17.5 Å². The van der Waals surface area contributed by atoms with Crippen molar-refractivity contribution in [2.45, 2.75) is 26.5 Å². The Hall–Kier alpha value is -3.02. The first kappa shape index (κ1) is 16.8. The highest BCUT2D eigenvalue weighted by Gasteiger charge is 2.17. The molecule has 2 aromatic carbocycles. The molecule has 3 rings (SSSR count). The van der Waals surface area contributed by atoms with E-state index in [0.717, 1.165) is 11.3 Å². The number of anilines is 1. The molecule has 2 N–H and O–H groups in total. The largest absolute Gasteiger partial charge is 0.491 e. The van der Waals surface area contributed by atoms with Crippen LogP contribution in [0.15, 0.2) is 42.5 Å². The fourth-order valence-electron chi connectivity index (χ4n) is 2.46. The SMILES string of the molecule is CC(C)Oc1ccc(CNC(=O)c2ccc3c(c2)OCC(=O)N3)cc1. The molecule has 0 fully saturated rings. The van der Waals surface area contributed by atoms with Gasteiger partial charge in [0, 0.05) is 12.1 Å². The second kappa shape index (κ2) is 7.25. The Kier molecular flexibility index (Phi) is 4.88. The Bertz CT molecular complexity index is 785. The van der Waals surface area contributed by atoms with Crippen molar-refractivity contribution in [1.29, 1.82) is 0 Å². The molecule has 0 saturated carbocycles. The van der Waals surface area contributed by atoms with Crippen LogP contribution in [0.1, 0.15) is 29.8 Å². The topological polar surface area (TPSA) is 76.7 Å². The van der Waals surface area contributed by atoms with Crippen molar-refractivity contribution in [3.8, 4) is 11.5 Å². The van der Waals surface area contributed by atoms with E-state index >= 15 is 0 Å². The lowest BCUT2D eigenvalue weighted by atomic mass is 10.1. The lowest BCUT2D eigenvalue weighted by Gasteiger charge is -2.18. The maximum Gasteiger partial charge on any atom is 0.262 e. The summed E-state index contributed by atoms with van der Waals surface area (Å²) >= 11 is 0. The molecule has 0 aromatic heterocycles. The van der Waals surface area contributed by atoms with Crippen molar-refractivity contribution in [3.05, 3.63) is 53.6 Å². The second-order valence-corrected chi connectivity index (χ2v) is 6.04. The zero-order valence-corrected chi connectivity index (χ0v) is 14.2. The number of hydrogen-bond acceptors (Lipinski definition) is 4. The third-order valence-corrected chi connectivity index (χ3v) is 3.62. The van der Waals surface area contributed by atoms with Gasteiger partial charge in [0.2, 0.25) is 0 Å². The number of benzene rings is 2. The molecule has 0 aliphatic carbocycles. The van der Waals surface area contributed by atoms with Gasteiger partial charge < -0.3 is 20.1 Å². The van der Waals surface area contributed by atoms with Gasteiger partial charge in [-0.25, -0.2) is 0 Å². The van der Waals surface area contributed by atoms with Gasteiger partial charge in [0.25, 0.3) is 11.8 Å². The van der Waals surface area contributed by atoms with E-state index in [4.69, 9.17) is 9.47 Å². The van der Waals surface area contributed by atoms with Crippen LogP contribution in [0.4, 0.5) is 5.69 Å². The lowest BCUT2D eigenvalue weighted by Crippen LogP contribution is -2.26. The Morgan fingerprint density at radius 3 is 2.72 bits per heavy atom. The van der Waals surface area contributed by atoms with E-state index in [9.17, 15) is 9.59 Å². The number of amides is 2. The Balaban J connectivity index is 1.60. The molecular formula is C19H20N2O4. The van der Waals surface area contributed by atoms with Crippen LogP contribution in [-0.4, -0.2) is 24.5 Å². The molecule has 6 nitrogen and oxygen atoms in total. The van der Waals surface area contributed by atoms with Crippen LogP contribution >= 0.6 is 0 Å². The third-order valence-electron chi connectivity index (χ3n) is 3.62. The average molecular weight is 340 g/mol. The van der Waals surface area contributed by atoms with Crippen LogP contribution in [0, 0.1) is 0 Å². The molecule has 1 aliphatic rings. The molecule has 6 heteroatoms. The first-order chi connectivity index (χ1) is 12.0. The lowest BCUT2D eigenvalue weighted by molar-refractivity contribution is -0.118. The predicted molar refractivity (Wildman–Crippen MR) is 93.9 cm³/mol. The van der Waals surface area contributed by atoms with E-state index in [1.54, 1.807) is 18.2 Å².